The number of aliphatic imine (C=N–C) groups is 2. The molecule has 5 rings (SSSR count). The summed E-state index contributed by atoms with van der Waals surface area (Å²) >= 11 is 0. The molecule has 0 amide bonds. The van der Waals surface area contributed by atoms with E-state index in [2.05, 4.69) is 120 Å². The van der Waals surface area contributed by atoms with Gasteiger partial charge in [0.05, 0.1) is 0 Å². The fourth-order valence-corrected chi connectivity index (χ4v) is 5.11. The fourth-order valence-electron chi connectivity index (χ4n) is 5.11. The van der Waals surface area contributed by atoms with Crippen LogP contribution in [0.3, 0.4) is 0 Å². The van der Waals surface area contributed by atoms with Crippen LogP contribution in [0, 0.1) is 0 Å². The van der Waals surface area contributed by atoms with Gasteiger partial charge in [0.2, 0.25) is 0 Å². The molecule has 0 spiro atoms. The van der Waals surface area contributed by atoms with Crippen molar-refractivity contribution in [1.29, 1.82) is 0 Å². The van der Waals surface area contributed by atoms with Gasteiger partial charge in [0.1, 0.15) is 0 Å². The first-order chi connectivity index (χ1) is 23.0. The predicted octanol–water partition coefficient (Wildman–Crippen LogP) is 10.1. The van der Waals surface area contributed by atoms with Crippen LogP contribution in [0.4, 0.5) is 0 Å². The molecule has 5 aromatic rings. The van der Waals surface area contributed by atoms with Crippen molar-refractivity contribution in [2.45, 2.75) is 48.5 Å². The van der Waals surface area contributed by atoms with Gasteiger partial charge in [-0.1, -0.05) is 107 Å². The molecule has 0 saturated carbocycles. The lowest BCUT2D eigenvalue weighted by Gasteiger charge is -2.13. The van der Waals surface area contributed by atoms with Crippen LogP contribution < -0.4 is 10.4 Å². The zero-order chi connectivity index (χ0) is 34.2. The summed E-state index contributed by atoms with van der Waals surface area (Å²) < 4.78 is 0. The Morgan fingerprint density at radius 2 is 1.19 bits per heavy atom. The van der Waals surface area contributed by atoms with Crippen molar-refractivity contribution in [1.82, 2.24) is 9.97 Å². The maximum atomic E-state index is 4.90. The monoisotopic (exact) mass is 618 g/mol. The third-order valence-corrected chi connectivity index (χ3v) is 7.41. The summed E-state index contributed by atoms with van der Waals surface area (Å²) in [7, 11) is 0. The second kappa shape index (κ2) is 18.5. The first kappa shape index (κ1) is 36.0. The van der Waals surface area contributed by atoms with E-state index in [1.807, 2.05) is 66.1 Å². The highest BCUT2D eigenvalue weighted by Crippen LogP contribution is 2.33. The summed E-state index contributed by atoms with van der Waals surface area (Å²) in [5, 5.41) is 2.25. The largest absolute Gasteiger partial charge is 0.264 e. The Labute approximate surface area is 281 Å². The van der Waals surface area contributed by atoms with Gasteiger partial charge in [0.15, 0.2) is 5.82 Å². The Morgan fingerprint density at radius 3 is 1.66 bits per heavy atom. The summed E-state index contributed by atoms with van der Waals surface area (Å²) in [6.07, 6.45) is 11.3. The summed E-state index contributed by atoms with van der Waals surface area (Å²) in [6, 6.07) is 31.8. The molecule has 0 saturated heterocycles. The SMILES string of the molecule is C=C/C(C)=C(N=C)/N=C(C)/C(c1ccc(-c2cc(-c3cccnc3)cc(-c3cccnc3)c2)cc1)=c1/cccc/c1=C/C.CC.CC. The quantitative estimate of drug-likeness (QED) is 0.128. The Morgan fingerprint density at radius 1 is 0.660 bits per heavy atom. The molecule has 4 heteroatoms. The van der Waals surface area contributed by atoms with Gasteiger partial charge in [-0.2, -0.15) is 0 Å². The van der Waals surface area contributed by atoms with Crippen molar-refractivity contribution >= 4 is 24.1 Å². The standard InChI is InChI=1S/C39H34N4.2C2H6/c1-6-27(3)39(40-5)43-28(4)38(37-15-9-8-12-29(37)7-2)31-18-16-30(17-19-31)34-22-35(32-13-10-20-41-25-32)24-36(23-34)33-14-11-21-42-26-33;2*1-2/h6-26H,1,5H2,2-4H3;2*1-2H3/b29-7-,38-37+,39-27+,43-28+;;. The molecule has 0 bridgehead atoms. The second-order valence-corrected chi connectivity index (χ2v) is 10.2. The molecule has 0 atom stereocenters. The number of pyridine rings is 2. The van der Waals surface area contributed by atoms with Gasteiger partial charge < -0.3 is 0 Å². The Hall–Kier alpha value is -5.48. The van der Waals surface area contributed by atoms with Crippen LogP contribution in [0.1, 0.15) is 54.0 Å². The minimum atomic E-state index is 0.565. The van der Waals surface area contributed by atoms with Gasteiger partial charge in [-0.25, -0.2) is 9.98 Å². The molecular weight excluding hydrogens is 573 g/mol. The van der Waals surface area contributed by atoms with E-state index in [4.69, 9.17) is 4.99 Å². The van der Waals surface area contributed by atoms with E-state index < -0.39 is 0 Å². The van der Waals surface area contributed by atoms with Crippen molar-refractivity contribution in [3.63, 3.8) is 0 Å². The molecule has 0 aliphatic rings. The second-order valence-electron chi connectivity index (χ2n) is 10.2. The van der Waals surface area contributed by atoms with E-state index in [1.54, 1.807) is 18.5 Å². The minimum Gasteiger partial charge on any atom is -0.264 e. The number of nitrogens with zero attached hydrogens (tertiary/aromatic N) is 4. The highest BCUT2D eigenvalue weighted by molar-refractivity contribution is 6.22. The van der Waals surface area contributed by atoms with Crippen LogP contribution in [0.15, 0.2) is 150 Å². The van der Waals surface area contributed by atoms with Crippen molar-refractivity contribution in [3.8, 4) is 33.4 Å². The Bertz CT molecular complexity index is 1890. The molecule has 47 heavy (non-hydrogen) atoms. The maximum Gasteiger partial charge on any atom is 0.154 e. The Kier molecular flexibility index (Phi) is 14.2. The van der Waals surface area contributed by atoms with Crippen molar-refractivity contribution in [2.24, 2.45) is 9.98 Å². The van der Waals surface area contributed by atoms with Crippen molar-refractivity contribution in [2.75, 3.05) is 0 Å². The summed E-state index contributed by atoms with van der Waals surface area (Å²) in [5.41, 5.74) is 10.4. The molecule has 2 aromatic heterocycles. The smallest absolute Gasteiger partial charge is 0.154 e. The van der Waals surface area contributed by atoms with Crippen molar-refractivity contribution in [3.05, 3.63) is 156 Å². The van der Waals surface area contributed by atoms with Crippen LogP contribution in [-0.4, -0.2) is 22.4 Å². The summed E-state index contributed by atoms with van der Waals surface area (Å²) in [6.45, 7) is 21.6. The molecule has 0 aliphatic heterocycles. The molecule has 0 fully saturated rings. The van der Waals surface area contributed by atoms with Gasteiger partial charge in [0.25, 0.3) is 0 Å². The van der Waals surface area contributed by atoms with Gasteiger partial charge in [-0.05, 0) is 102 Å². The zero-order valence-corrected chi connectivity index (χ0v) is 28.8. The molecule has 238 valence electrons. The lowest BCUT2D eigenvalue weighted by atomic mass is 9.92. The summed E-state index contributed by atoms with van der Waals surface area (Å²) in [4.78, 5) is 17.8. The molecule has 4 nitrogen and oxygen atoms in total. The van der Waals surface area contributed by atoms with E-state index in [0.717, 1.165) is 66.2 Å². The number of aromatic nitrogens is 2. The number of rotatable bonds is 8. The van der Waals surface area contributed by atoms with Crippen LogP contribution in [-0.2, 0) is 0 Å². The van der Waals surface area contributed by atoms with Gasteiger partial charge >= 0.3 is 0 Å². The van der Waals surface area contributed by atoms with Crippen molar-refractivity contribution < 1.29 is 0 Å². The van der Waals surface area contributed by atoms with Gasteiger partial charge in [-0.3, -0.25) is 9.97 Å². The topological polar surface area (TPSA) is 50.5 Å². The van der Waals surface area contributed by atoms with E-state index in [-0.39, 0.29) is 0 Å². The van der Waals surface area contributed by atoms with Gasteiger partial charge in [-0.15, -0.1) is 0 Å². The normalized spacial score (nSPS) is 12.4. The Balaban J connectivity index is 0.00000144. The van der Waals surface area contributed by atoms with Crippen LogP contribution in [0.2, 0.25) is 0 Å². The first-order valence-electron chi connectivity index (χ1n) is 16.2. The van der Waals surface area contributed by atoms with Crippen LogP contribution in [0.5, 0.6) is 0 Å². The lowest BCUT2D eigenvalue weighted by Crippen LogP contribution is -2.29. The third-order valence-electron chi connectivity index (χ3n) is 7.41. The predicted molar refractivity (Wildman–Crippen MR) is 205 cm³/mol. The molecule has 2 heterocycles. The minimum absolute atomic E-state index is 0.565. The number of hydrogen-bond donors (Lipinski definition) is 0. The summed E-state index contributed by atoms with van der Waals surface area (Å²) in [5.74, 6) is 0.565. The molecule has 3 aromatic carbocycles. The first-order valence-corrected chi connectivity index (χ1v) is 16.2. The fraction of sp³-hybridized carbons (Fsp3) is 0.163. The highest BCUT2D eigenvalue weighted by Gasteiger charge is 2.12. The molecule has 0 aliphatic carbocycles. The van der Waals surface area contributed by atoms with E-state index in [0.29, 0.717) is 5.82 Å². The molecule has 0 unspecified atom stereocenters. The highest BCUT2D eigenvalue weighted by atomic mass is 15.0. The molecular formula is C43H46N4. The zero-order valence-electron chi connectivity index (χ0n) is 28.8. The lowest BCUT2D eigenvalue weighted by molar-refractivity contribution is 1.19. The van der Waals surface area contributed by atoms with Crippen LogP contribution >= 0.6 is 0 Å². The maximum absolute atomic E-state index is 4.90. The number of benzene rings is 3. The number of allylic oxidation sites excluding steroid dienone is 2. The van der Waals surface area contributed by atoms with Crippen LogP contribution in [0.25, 0.3) is 45.0 Å². The van der Waals surface area contributed by atoms with E-state index in [9.17, 15) is 0 Å². The average molecular weight is 619 g/mol. The molecule has 0 radical (unpaired) electrons. The third kappa shape index (κ3) is 9.05. The average Bonchev–Trinajstić information content (AvgIpc) is 3.16. The molecule has 0 N–H and O–H groups in total. The van der Waals surface area contributed by atoms with Gasteiger partial charge in [0, 0.05) is 47.2 Å². The van der Waals surface area contributed by atoms with E-state index in [1.165, 1.54) is 0 Å². The van der Waals surface area contributed by atoms with E-state index >= 15 is 0 Å². The number of hydrogen-bond acceptors (Lipinski definition) is 4.